The van der Waals surface area contributed by atoms with Gasteiger partial charge in [0.2, 0.25) is 0 Å². The zero-order valence-corrected chi connectivity index (χ0v) is 15.7. The Balaban J connectivity index is 0.00000144. The summed E-state index contributed by atoms with van der Waals surface area (Å²) < 4.78 is 0. The molecule has 2 heterocycles. The summed E-state index contributed by atoms with van der Waals surface area (Å²) >= 11 is 0. The number of nitrogens with zero attached hydrogens (tertiary/aromatic N) is 2. The van der Waals surface area contributed by atoms with Gasteiger partial charge in [0.15, 0.2) is 0 Å². The zero-order chi connectivity index (χ0) is 15.7. The van der Waals surface area contributed by atoms with E-state index in [1.165, 1.54) is 0 Å². The Labute approximate surface area is 155 Å². The van der Waals surface area contributed by atoms with Crippen LogP contribution in [-0.4, -0.2) is 34.9 Å². The molecule has 6 heteroatoms. The van der Waals surface area contributed by atoms with Crippen molar-refractivity contribution in [3.05, 3.63) is 41.6 Å². The number of carbonyl (C=O) groups excluding carboxylic acids is 1. The normalized spacial score (nSPS) is 15.1. The summed E-state index contributed by atoms with van der Waals surface area (Å²) in [6, 6.07) is 10.1. The van der Waals surface area contributed by atoms with Gasteiger partial charge < -0.3 is 10.6 Å². The second-order valence-corrected chi connectivity index (χ2v) is 6.40. The van der Waals surface area contributed by atoms with Gasteiger partial charge in [-0.15, -0.1) is 24.8 Å². The van der Waals surface area contributed by atoms with Crippen molar-refractivity contribution in [2.45, 2.75) is 38.6 Å². The molecular formula is C18H25Cl2N3O. The Morgan fingerprint density at radius 2 is 1.83 bits per heavy atom. The Kier molecular flexibility index (Phi) is 7.46. The molecule has 0 atom stereocenters. The summed E-state index contributed by atoms with van der Waals surface area (Å²) in [5, 5.41) is 0.937. The van der Waals surface area contributed by atoms with Crippen molar-refractivity contribution >= 4 is 41.6 Å². The SMILES string of the molecule is CC(C)c1cc(C(=O)N2CCC(N)CC2)c2ccccc2n1.Cl.Cl. The molecule has 132 valence electrons. The average Bonchev–Trinajstić information content (AvgIpc) is 2.53. The fourth-order valence-electron chi connectivity index (χ4n) is 2.94. The van der Waals surface area contributed by atoms with E-state index in [0.717, 1.165) is 48.1 Å². The number of hydrogen-bond acceptors (Lipinski definition) is 3. The van der Waals surface area contributed by atoms with Crippen molar-refractivity contribution in [1.29, 1.82) is 0 Å². The zero-order valence-electron chi connectivity index (χ0n) is 14.1. The molecule has 4 nitrogen and oxygen atoms in total. The van der Waals surface area contributed by atoms with Crippen LogP contribution in [0.2, 0.25) is 0 Å². The summed E-state index contributed by atoms with van der Waals surface area (Å²) in [6.07, 6.45) is 1.76. The highest BCUT2D eigenvalue weighted by Crippen LogP contribution is 2.24. The van der Waals surface area contributed by atoms with Crippen LogP contribution in [0.5, 0.6) is 0 Å². The van der Waals surface area contributed by atoms with Gasteiger partial charge in [0.05, 0.1) is 11.1 Å². The maximum Gasteiger partial charge on any atom is 0.254 e. The number of amides is 1. The molecule has 1 fully saturated rings. The number of rotatable bonds is 2. The van der Waals surface area contributed by atoms with Crippen LogP contribution in [-0.2, 0) is 0 Å². The number of carbonyl (C=O) groups is 1. The average molecular weight is 370 g/mol. The van der Waals surface area contributed by atoms with Crippen LogP contribution in [0, 0.1) is 0 Å². The predicted octanol–water partition coefficient (Wildman–Crippen LogP) is 3.77. The van der Waals surface area contributed by atoms with Crippen LogP contribution in [0.4, 0.5) is 0 Å². The molecule has 24 heavy (non-hydrogen) atoms. The first-order valence-corrected chi connectivity index (χ1v) is 8.01. The van der Waals surface area contributed by atoms with E-state index in [0.29, 0.717) is 5.92 Å². The van der Waals surface area contributed by atoms with Crippen LogP contribution in [0.15, 0.2) is 30.3 Å². The van der Waals surface area contributed by atoms with Crippen LogP contribution in [0.1, 0.15) is 48.7 Å². The first-order valence-electron chi connectivity index (χ1n) is 8.01. The molecule has 1 amide bonds. The van der Waals surface area contributed by atoms with Gasteiger partial charge >= 0.3 is 0 Å². The molecule has 1 aliphatic rings. The van der Waals surface area contributed by atoms with E-state index in [1.807, 2.05) is 35.2 Å². The minimum absolute atomic E-state index is 0. The molecular weight excluding hydrogens is 345 g/mol. The third kappa shape index (κ3) is 4.18. The highest BCUT2D eigenvalue weighted by molar-refractivity contribution is 6.06. The molecule has 0 aliphatic carbocycles. The second kappa shape index (κ2) is 8.65. The highest BCUT2D eigenvalue weighted by Gasteiger charge is 2.24. The summed E-state index contributed by atoms with van der Waals surface area (Å²) in [7, 11) is 0. The quantitative estimate of drug-likeness (QED) is 0.876. The fraction of sp³-hybridized carbons (Fsp3) is 0.444. The molecule has 0 radical (unpaired) electrons. The number of hydrogen-bond donors (Lipinski definition) is 1. The molecule has 1 aromatic heterocycles. The van der Waals surface area contributed by atoms with Gasteiger partial charge in [-0.2, -0.15) is 0 Å². The molecule has 3 rings (SSSR count). The second-order valence-electron chi connectivity index (χ2n) is 6.40. The van der Waals surface area contributed by atoms with Crippen molar-refractivity contribution in [3.8, 4) is 0 Å². The maximum absolute atomic E-state index is 13.0. The maximum atomic E-state index is 13.0. The van der Waals surface area contributed by atoms with E-state index >= 15 is 0 Å². The van der Waals surface area contributed by atoms with Crippen molar-refractivity contribution in [2.24, 2.45) is 5.73 Å². The lowest BCUT2D eigenvalue weighted by molar-refractivity contribution is 0.0716. The number of nitrogens with two attached hydrogens (primary N) is 1. The fourth-order valence-corrected chi connectivity index (χ4v) is 2.94. The number of benzene rings is 1. The monoisotopic (exact) mass is 369 g/mol. The van der Waals surface area contributed by atoms with Crippen molar-refractivity contribution in [2.75, 3.05) is 13.1 Å². The highest BCUT2D eigenvalue weighted by atomic mass is 35.5. The topological polar surface area (TPSA) is 59.2 Å². The molecule has 1 aromatic carbocycles. The van der Waals surface area contributed by atoms with Crippen molar-refractivity contribution < 1.29 is 4.79 Å². The summed E-state index contributed by atoms with van der Waals surface area (Å²) in [5.74, 6) is 0.401. The molecule has 0 saturated carbocycles. The van der Waals surface area contributed by atoms with Crippen LogP contribution >= 0.6 is 24.8 Å². The minimum Gasteiger partial charge on any atom is -0.339 e. The lowest BCUT2D eigenvalue weighted by atomic mass is 10.00. The van der Waals surface area contributed by atoms with E-state index in [-0.39, 0.29) is 36.8 Å². The Hall–Kier alpha value is -1.36. The van der Waals surface area contributed by atoms with Crippen molar-refractivity contribution in [1.82, 2.24) is 9.88 Å². The summed E-state index contributed by atoms with van der Waals surface area (Å²) in [4.78, 5) is 19.6. The number of likely N-dealkylation sites (tertiary alicyclic amines) is 1. The standard InChI is InChI=1S/C18H23N3O.2ClH/c1-12(2)17-11-15(14-5-3-4-6-16(14)20-17)18(22)21-9-7-13(19)8-10-21;;/h3-6,11-13H,7-10,19H2,1-2H3;2*1H. The summed E-state index contributed by atoms with van der Waals surface area (Å²) in [5.41, 5.74) is 8.57. The van der Waals surface area contributed by atoms with Gasteiger partial charge in [0.25, 0.3) is 5.91 Å². The van der Waals surface area contributed by atoms with E-state index in [2.05, 4.69) is 18.8 Å². The first-order chi connectivity index (χ1) is 10.6. The molecule has 0 bridgehead atoms. The Morgan fingerprint density at radius 1 is 1.21 bits per heavy atom. The number of aromatic nitrogens is 1. The van der Waals surface area contributed by atoms with Gasteiger partial charge in [-0.1, -0.05) is 32.0 Å². The largest absolute Gasteiger partial charge is 0.339 e. The number of halogens is 2. The van der Waals surface area contributed by atoms with E-state index < -0.39 is 0 Å². The van der Waals surface area contributed by atoms with E-state index in [9.17, 15) is 4.79 Å². The smallest absolute Gasteiger partial charge is 0.254 e. The van der Waals surface area contributed by atoms with E-state index in [1.54, 1.807) is 0 Å². The minimum atomic E-state index is 0. The van der Waals surface area contributed by atoms with Crippen molar-refractivity contribution in [3.63, 3.8) is 0 Å². The summed E-state index contributed by atoms with van der Waals surface area (Å²) in [6.45, 7) is 5.69. The van der Waals surface area contributed by atoms with Gasteiger partial charge in [-0.3, -0.25) is 9.78 Å². The molecule has 0 spiro atoms. The number of fused-ring (bicyclic) bond motifs is 1. The van der Waals surface area contributed by atoms with Gasteiger partial charge in [-0.25, -0.2) is 0 Å². The molecule has 2 N–H and O–H groups in total. The van der Waals surface area contributed by atoms with Gasteiger partial charge in [0, 0.05) is 30.2 Å². The molecule has 1 aliphatic heterocycles. The van der Waals surface area contributed by atoms with Crippen LogP contribution in [0.25, 0.3) is 10.9 Å². The lowest BCUT2D eigenvalue weighted by Gasteiger charge is -2.30. The van der Waals surface area contributed by atoms with Crippen LogP contribution in [0.3, 0.4) is 0 Å². The third-order valence-electron chi connectivity index (χ3n) is 4.38. The number of pyridine rings is 1. The molecule has 0 unspecified atom stereocenters. The van der Waals surface area contributed by atoms with Crippen LogP contribution < -0.4 is 5.73 Å². The van der Waals surface area contributed by atoms with E-state index in [4.69, 9.17) is 5.73 Å². The predicted molar refractivity (Wildman–Crippen MR) is 103 cm³/mol. The molecule has 2 aromatic rings. The Morgan fingerprint density at radius 3 is 2.46 bits per heavy atom. The lowest BCUT2D eigenvalue weighted by Crippen LogP contribution is -2.42. The van der Waals surface area contributed by atoms with Gasteiger partial charge in [0.1, 0.15) is 0 Å². The third-order valence-corrected chi connectivity index (χ3v) is 4.38. The molecule has 1 saturated heterocycles. The number of piperidine rings is 1. The van der Waals surface area contributed by atoms with Gasteiger partial charge in [-0.05, 0) is 30.9 Å². The Bertz CT molecular complexity index is 698. The first kappa shape index (κ1) is 20.7. The number of para-hydroxylation sites is 1.